The first-order valence-corrected chi connectivity index (χ1v) is 8.19. The Bertz CT molecular complexity index is 415. The number of benzene rings is 1. The average molecular weight is 295 g/mol. The van der Waals surface area contributed by atoms with Crippen LogP contribution < -0.4 is 15.4 Å². The van der Waals surface area contributed by atoms with Gasteiger partial charge in [0.05, 0.1) is 6.54 Å². The zero-order valence-electron chi connectivity index (χ0n) is 12.8. The standard InChI is InChI=1S/C15H25N3OS/c1-12-9-13(2)11-14(10-12)19-7-5-17-15(16-3)18-6-8-20-4/h9-11H,5-8H2,1-4H3,(H2,16,17,18). The number of nitrogens with zero attached hydrogens (tertiary/aromatic N) is 1. The maximum atomic E-state index is 5.74. The molecule has 2 N–H and O–H groups in total. The largest absolute Gasteiger partial charge is 0.492 e. The van der Waals surface area contributed by atoms with Crippen LogP contribution in [0.5, 0.6) is 5.75 Å². The molecular formula is C15H25N3OS. The first-order chi connectivity index (χ1) is 9.65. The summed E-state index contributed by atoms with van der Waals surface area (Å²) in [4.78, 5) is 4.16. The number of hydrogen-bond acceptors (Lipinski definition) is 3. The van der Waals surface area contributed by atoms with Gasteiger partial charge in [0.2, 0.25) is 0 Å². The molecule has 0 bridgehead atoms. The van der Waals surface area contributed by atoms with E-state index in [-0.39, 0.29) is 0 Å². The highest BCUT2D eigenvalue weighted by atomic mass is 32.2. The van der Waals surface area contributed by atoms with E-state index < -0.39 is 0 Å². The molecule has 1 rings (SSSR count). The van der Waals surface area contributed by atoms with E-state index in [4.69, 9.17) is 4.74 Å². The Balaban J connectivity index is 2.26. The van der Waals surface area contributed by atoms with Crippen molar-refractivity contribution >= 4 is 17.7 Å². The summed E-state index contributed by atoms with van der Waals surface area (Å²) in [5, 5.41) is 6.48. The van der Waals surface area contributed by atoms with E-state index in [1.165, 1.54) is 11.1 Å². The molecule has 0 radical (unpaired) electrons. The van der Waals surface area contributed by atoms with E-state index in [2.05, 4.69) is 53.9 Å². The Morgan fingerprint density at radius 1 is 1.15 bits per heavy atom. The van der Waals surface area contributed by atoms with Crippen LogP contribution in [-0.4, -0.2) is 44.7 Å². The molecule has 0 spiro atoms. The van der Waals surface area contributed by atoms with Gasteiger partial charge < -0.3 is 15.4 Å². The lowest BCUT2D eigenvalue weighted by Gasteiger charge is -2.12. The fraction of sp³-hybridized carbons (Fsp3) is 0.533. The molecule has 0 saturated heterocycles. The lowest BCUT2D eigenvalue weighted by molar-refractivity contribution is 0.321. The van der Waals surface area contributed by atoms with E-state index in [1.54, 1.807) is 7.05 Å². The third-order valence-electron chi connectivity index (χ3n) is 2.68. The van der Waals surface area contributed by atoms with Gasteiger partial charge in [0.1, 0.15) is 12.4 Å². The van der Waals surface area contributed by atoms with E-state index >= 15 is 0 Å². The van der Waals surface area contributed by atoms with Crippen molar-refractivity contribution in [3.63, 3.8) is 0 Å². The Morgan fingerprint density at radius 2 is 1.80 bits per heavy atom. The van der Waals surface area contributed by atoms with Crippen LogP contribution in [0.15, 0.2) is 23.2 Å². The quantitative estimate of drug-likeness (QED) is 0.460. The number of ether oxygens (including phenoxy) is 1. The minimum absolute atomic E-state index is 0.617. The molecule has 1 aromatic rings. The number of rotatable bonds is 7. The first-order valence-electron chi connectivity index (χ1n) is 6.80. The van der Waals surface area contributed by atoms with Gasteiger partial charge in [-0.2, -0.15) is 11.8 Å². The molecule has 4 nitrogen and oxygen atoms in total. The summed E-state index contributed by atoms with van der Waals surface area (Å²) in [5.74, 6) is 2.82. The summed E-state index contributed by atoms with van der Waals surface area (Å²) in [7, 11) is 1.78. The second-order valence-corrected chi connectivity index (χ2v) is 5.58. The molecule has 0 aliphatic carbocycles. The van der Waals surface area contributed by atoms with Crippen LogP contribution in [0.1, 0.15) is 11.1 Å². The molecule has 0 heterocycles. The SMILES string of the molecule is CN=C(NCCOc1cc(C)cc(C)c1)NCCSC. The number of aliphatic imine (C=N–C) groups is 1. The molecule has 0 atom stereocenters. The van der Waals surface area contributed by atoms with Gasteiger partial charge in [0, 0.05) is 19.3 Å². The Morgan fingerprint density at radius 3 is 2.40 bits per heavy atom. The summed E-state index contributed by atoms with van der Waals surface area (Å²) < 4.78 is 5.74. The van der Waals surface area contributed by atoms with Gasteiger partial charge in [0.15, 0.2) is 5.96 Å². The van der Waals surface area contributed by atoms with Crippen LogP contribution in [0.3, 0.4) is 0 Å². The van der Waals surface area contributed by atoms with Crippen molar-refractivity contribution in [1.82, 2.24) is 10.6 Å². The van der Waals surface area contributed by atoms with Gasteiger partial charge >= 0.3 is 0 Å². The van der Waals surface area contributed by atoms with Crippen molar-refractivity contribution in [2.45, 2.75) is 13.8 Å². The van der Waals surface area contributed by atoms with Crippen LogP contribution in [-0.2, 0) is 0 Å². The van der Waals surface area contributed by atoms with Crippen LogP contribution in [0.2, 0.25) is 0 Å². The van der Waals surface area contributed by atoms with Crippen molar-refractivity contribution in [3.8, 4) is 5.75 Å². The minimum Gasteiger partial charge on any atom is -0.492 e. The maximum absolute atomic E-state index is 5.74. The summed E-state index contributed by atoms with van der Waals surface area (Å²) in [5.41, 5.74) is 2.45. The maximum Gasteiger partial charge on any atom is 0.191 e. The smallest absolute Gasteiger partial charge is 0.191 e. The molecule has 0 fully saturated rings. The molecular weight excluding hydrogens is 270 g/mol. The third kappa shape index (κ3) is 6.70. The second-order valence-electron chi connectivity index (χ2n) is 4.59. The molecule has 20 heavy (non-hydrogen) atoms. The van der Waals surface area contributed by atoms with Gasteiger partial charge in [-0.15, -0.1) is 0 Å². The summed E-state index contributed by atoms with van der Waals surface area (Å²) >= 11 is 1.81. The molecule has 112 valence electrons. The highest BCUT2D eigenvalue weighted by Gasteiger charge is 1.98. The van der Waals surface area contributed by atoms with Crippen molar-refractivity contribution in [3.05, 3.63) is 29.3 Å². The molecule has 0 aliphatic heterocycles. The highest BCUT2D eigenvalue weighted by molar-refractivity contribution is 7.98. The van der Waals surface area contributed by atoms with Crippen molar-refractivity contribution in [2.24, 2.45) is 4.99 Å². The normalized spacial score (nSPS) is 11.3. The second kappa shape index (κ2) is 9.53. The number of hydrogen-bond donors (Lipinski definition) is 2. The molecule has 0 unspecified atom stereocenters. The molecule has 0 saturated carbocycles. The molecule has 5 heteroatoms. The van der Waals surface area contributed by atoms with Crippen LogP contribution >= 0.6 is 11.8 Å². The van der Waals surface area contributed by atoms with Crippen molar-refractivity contribution < 1.29 is 4.74 Å². The Kier molecular flexibility index (Phi) is 7.95. The fourth-order valence-corrected chi connectivity index (χ4v) is 2.15. The molecule has 0 aromatic heterocycles. The fourth-order valence-electron chi connectivity index (χ4n) is 1.85. The summed E-state index contributed by atoms with van der Waals surface area (Å²) in [6.07, 6.45) is 2.09. The number of guanidine groups is 1. The lowest BCUT2D eigenvalue weighted by Crippen LogP contribution is -2.40. The average Bonchev–Trinajstić information content (AvgIpc) is 2.40. The summed E-state index contributed by atoms with van der Waals surface area (Å²) in [6.45, 7) is 6.42. The van der Waals surface area contributed by atoms with Gasteiger partial charge in [-0.1, -0.05) is 6.07 Å². The number of thioether (sulfide) groups is 1. The predicted molar refractivity (Wildman–Crippen MR) is 89.2 cm³/mol. The van der Waals surface area contributed by atoms with Crippen molar-refractivity contribution in [2.75, 3.05) is 38.8 Å². The lowest BCUT2D eigenvalue weighted by atomic mass is 10.1. The van der Waals surface area contributed by atoms with Crippen LogP contribution in [0.25, 0.3) is 0 Å². The van der Waals surface area contributed by atoms with E-state index in [0.29, 0.717) is 6.61 Å². The molecule has 0 aliphatic rings. The van der Waals surface area contributed by atoms with Crippen molar-refractivity contribution in [1.29, 1.82) is 0 Å². The third-order valence-corrected chi connectivity index (χ3v) is 3.29. The monoisotopic (exact) mass is 295 g/mol. The first kappa shape index (κ1) is 16.7. The van der Waals surface area contributed by atoms with E-state index in [0.717, 1.165) is 30.6 Å². The Hall–Kier alpha value is -1.36. The highest BCUT2D eigenvalue weighted by Crippen LogP contribution is 2.15. The number of nitrogens with one attached hydrogen (secondary N) is 2. The van der Waals surface area contributed by atoms with E-state index in [1.807, 2.05) is 11.8 Å². The summed E-state index contributed by atoms with van der Waals surface area (Å²) in [6, 6.07) is 6.25. The topological polar surface area (TPSA) is 45.7 Å². The van der Waals surface area contributed by atoms with Crippen LogP contribution in [0, 0.1) is 13.8 Å². The number of aryl methyl sites for hydroxylation is 2. The Labute approximate surface area is 126 Å². The zero-order valence-corrected chi connectivity index (χ0v) is 13.6. The van der Waals surface area contributed by atoms with Gasteiger partial charge in [-0.25, -0.2) is 0 Å². The van der Waals surface area contributed by atoms with Gasteiger partial charge in [-0.05, 0) is 43.4 Å². The minimum atomic E-state index is 0.617. The molecule has 0 amide bonds. The predicted octanol–water partition coefficient (Wildman–Crippen LogP) is 2.21. The van der Waals surface area contributed by atoms with Gasteiger partial charge in [0.25, 0.3) is 0 Å². The zero-order chi connectivity index (χ0) is 14.8. The van der Waals surface area contributed by atoms with Gasteiger partial charge in [-0.3, -0.25) is 4.99 Å². The molecule has 1 aromatic carbocycles. The van der Waals surface area contributed by atoms with Crippen LogP contribution in [0.4, 0.5) is 0 Å². The van der Waals surface area contributed by atoms with E-state index in [9.17, 15) is 0 Å².